The van der Waals surface area contributed by atoms with Crippen LogP contribution in [0, 0.1) is 13.8 Å². The van der Waals surface area contributed by atoms with Crippen molar-refractivity contribution < 1.29 is 14.3 Å². The van der Waals surface area contributed by atoms with Crippen LogP contribution in [-0.2, 0) is 11.3 Å². The van der Waals surface area contributed by atoms with E-state index in [-0.39, 0.29) is 18.2 Å². The third kappa shape index (κ3) is 5.78. The van der Waals surface area contributed by atoms with Gasteiger partial charge in [0.15, 0.2) is 0 Å². The molecule has 0 aliphatic carbocycles. The number of hydrogen-bond donors (Lipinski definition) is 1. The molecule has 1 aliphatic heterocycles. The lowest BCUT2D eigenvalue weighted by Crippen LogP contribution is -2.45. The number of hydrogen-bond acceptors (Lipinski definition) is 4. The molecule has 2 heterocycles. The molecule has 180 valence electrons. The molecule has 1 aliphatic rings. The predicted octanol–water partition coefficient (Wildman–Crippen LogP) is 5.38. The van der Waals surface area contributed by atoms with E-state index >= 15 is 0 Å². The molecule has 0 saturated carbocycles. The monoisotopic (exact) mass is 462 g/mol. The number of benzene rings is 2. The van der Waals surface area contributed by atoms with Gasteiger partial charge in [-0.2, -0.15) is 5.10 Å². The molecule has 0 bridgehead atoms. The molecule has 2 amide bonds. The molecule has 34 heavy (non-hydrogen) atoms. The summed E-state index contributed by atoms with van der Waals surface area (Å²) in [6, 6.07) is 17.8. The van der Waals surface area contributed by atoms with Crippen LogP contribution in [0.15, 0.2) is 54.6 Å². The minimum Gasteiger partial charge on any atom is -0.439 e. The van der Waals surface area contributed by atoms with E-state index in [0.717, 1.165) is 47.7 Å². The van der Waals surface area contributed by atoms with Crippen molar-refractivity contribution in [2.75, 3.05) is 13.2 Å². The van der Waals surface area contributed by atoms with E-state index in [9.17, 15) is 4.79 Å². The molecule has 0 radical (unpaired) electrons. The molecule has 3 aromatic rings. The van der Waals surface area contributed by atoms with Gasteiger partial charge in [0, 0.05) is 19.2 Å². The lowest BCUT2D eigenvalue weighted by atomic mass is 10.2. The maximum atomic E-state index is 13.1. The van der Waals surface area contributed by atoms with Gasteiger partial charge in [-0.1, -0.05) is 30.3 Å². The number of aromatic nitrogens is 2. The summed E-state index contributed by atoms with van der Waals surface area (Å²) in [7, 11) is 0. The second kappa shape index (κ2) is 10.7. The number of nitrogens with zero attached hydrogens (tertiary/aromatic N) is 3. The van der Waals surface area contributed by atoms with Crippen LogP contribution in [0.1, 0.15) is 43.5 Å². The van der Waals surface area contributed by atoms with Crippen molar-refractivity contribution in [3.8, 4) is 17.3 Å². The Balaban J connectivity index is 1.72. The molecule has 1 fully saturated rings. The number of carbonyl (C=O) groups is 1. The van der Waals surface area contributed by atoms with E-state index in [1.165, 1.54) is 0 Å². The average molecular weight is 463 g/mol. The fourth-order valence-electron chi connectivity index (χ4n) is 4.14. The van der Waals surface area contributed by atoms with Crippen LogP contribution in [0.25, 0.3) is 5.69 Å². The highest BCUT2D eigenvalue weighted by Crippen LogP contribution is 2.32. The highest BCUT2D eigenvalue weighted by Gasteiger charge is 2.27. The molecule has 1 atom stereocenters. The zero-order valence-electron chi connectivity index (χ0n) is 20.5. The summed E-state index contributed by atoms with van der Waals surface area (Å²) < 4.78 is 14.1. The van der Waals surface area contributed by atoms with Crippen molar-refractivity contribution in [2.24, 2.45) is 0 Å². The number of ether oxygens (including phenoxy) is 2. The highest BCUT2D eigenvalue weighted by atomic mass is 16.5. The van der Waals surface area contributed by atoms with E-state index < -0.39 is 0 Å². The van der Waals surface area contributed by atoms with Gasteiger partial charge in [0.25, 0.3) is 0 Å². The molecule has 1 aromatic heterocycles. The Hall–Kier alpha value is -3.32. The zero-order chi connectivity index (χ0) is 24.1. The van der Waals surface area contributed by atoms with Gasteiger partial charge in [-0.05, 0) is 70.4 Å². The molecule has 2 aromatic carbocycles. The Labute approximate surface area is 201 Å². The quantitative estimate of drug-likeness (QED) is 0.488. The number of para-hydroxylation sites is 1. The minimum atomic E-state index is -0.112. The molecule has 1 saturated heterocycles. The molecule has 1 unspecified atom stereocenters. The molecule has 0 spiro atoms. The van der Waals surface area contributed by atoms with Gasteiger partial charge in [0.05, 0.1) is 29.6 Å². The number of amides is 2. The molecule has 7 heteroatoms. The van der Waals surface area contributed by atoms with Crippen LogP contribution in [-0.4, -0.2) is 46.0 Å². The summed E-state index contributed by atoms with van der Waals surface area (Å²) in [5, 5.41) is 7.84. The Bertz CT molecular complexity index is 1100. The first-order valence-corrected chi connectivity index (χ1v) is 12.0. The Morgan fingerprint density at radius 2 is 2.00 bits per heavy atom. The molecule has 7 nitrogen and oxygen atoms in total. The Kier molecular flexibility index (Phi) is 7.53. The van der Waals surface area contributed by atoms with Crippen LogP contribution in [0.2, 0.25) is 0 Å². The first-order valence-electron chi connectivity index (χ1n) is 12.0. The van der Waals surface area contributed by atoms with Crippen LogP contribution < -0.4 is 10.1 Å². The average Bonchev–Trinajstić information content (AvgIpc) is 3.42. The van der Waals surface area contributed by atoms with Gasteiger partial charge in [-0.3, -0.25) is 0 Å². The fourth-order valence-corrected chi connectivity index (χ4v) is 4.14. The van der Waals surface area contributed by atoms with Gasteiger partial charge in [-0.15, -0.1) is 0 Å². The third-order valence-corrected chi connectivity index (χ3v) is 5.84. The molecular weight excluding hydrogens is 428 g/mol. The fraction of sp³-hybridized carbons (Fsp3) is 0.407. The van der Waals surface area contributed by atoms with Crippen molar-refractivity contribution in [1.82, 2.24) is 20.0 Å². The summed E-state index contributed by atoms with van der Waals surface area (Å²) in [5.41, 5.74) is 3.71. The van der Waals surface area contributed by atoms with E-state index in [2.05, 4.69) is 5.32 Å². The van der Waals surface area contributed by atoms with Gasteiger partial charge < -0.3 is 19.7 Å². The summed E-state index contributed by atoms with van der Waals surface area (Å²) >= 11 is 0. The Morgan fingerprint density at radius 3 is 2.68 bits per heavy atom. The summed E-state index contributed by atoms with van der Waals surface area (Å²) in [6.07, 6.45) is 2.03. The maximum absolute atomic E-state index is 13.1. The van der Waals surface area contributed by atoms with E-state index in [1.807, 2.05) is 91.9 Å². The highest BCUT2D eigenvalue weighted by molar-refractivity contribution is 5.74. The normalized spacial score (nSPS) is 15.5. The molecular formula is C27H34N4O3. The van der Waals surface area contributed by atoms with E-state index in [4.69, 9.17) is 14.6 Å². The third-order valence-electron chi connectivity index (χ3n) is 5.84. The summed E-state index contributed by atoms with van der Waals surface area (Å²) in [4.78, 5) is 15.0. The number of carbonyl (C=O) groups excluding carboxylic acids is 1. The van der Waals surface area contributed by atoms with Crippen molar-refractivity contribution >= 4 is 6.03 Å². The standard InChI is InChI=1S/C27H34N4O3/c1-19(2)28-27(32)30(17-24-14-9-15-33-24)18-25-21(4)29-31(22-11-6-5-7-12-22)26(25)34-23-13-8-10-20(3)16-23/h5-8,10-13,16,19,24H,9,14-15,17-18H2,1-4H3,(H,28,32). The first-order chi connectivity index (χ1) is 16.4. The second-order valence-electron chi connectivity index (χ2n) is 9.15. The van der Waals surface area contributed by atoms with E-state index in [1.54, 1.807) is 0 Å². The van der Waals surface area contributed by atoms with E-state index in [0.29, 0.717) is 19.0 Å². The zero-order valence-corrected chi connectivity index (χ0v) is 20.5. The van der Waals surface area contributed by atoms with Gasteiger partial charge in [0.2, 0.25) is 5.88 Å². The van der Waals surface area contributed by atoms with Crippen LogP contribution >= 0.6 is 0 Å². The maximum Gasteiger partial charge on any atom is 0.317 e. The number of aryl methyl sites for hydroxylation is 2. The lowest BCUT2D eigenvalue weighted by molar-refractivity contribution is 0.0789. The molecule has 4 rings (SSSR count). The summed E-state index contributed by atoms with van der Waals surface area (Å²) in [6.45, 7) is 9.57. The van der Waals surface area contributed by atoms with Crippen molar-refractivity contribution in [2.45, 2.75) is 59.2 Å². The van der Waals surface area contributed by atoms with Gasteiger partial charge >= 0.3 is 6.03 Å². The number of rotatable bonds is 8. The molecule has 1 N–H and O–H groups in total. The van der Waals surface area contributed by atoms with Crippen molar-refractivity contribution in [3.05, 3.63) is 71.4 Å². The van der Waals surface area contributed by atoms with Gasteiger partial charge in [-0.25, -0.2) is 9.48 Å². The SMILES string of the molecule is Cc1cccc(Oc2c(CN(CC3CCCO3)C(=O)NC(C)C)c(C)nn2-c2ccccc2)c1. The minimum absolute atomic E-state index is 0.0376. The summed E-state index contributed by atoms with van der Waals surface area (Å²) in [5.74, 6) is 1.35. The van der Waals surface area contributed by atoms with Crippen LogP contribution in [0.5, 0.6) is 11.6 Å². The van der Waals surface area contributed by atoms with Crippen LogP contribution in [0.3, 0.4) is 0 Å². The second-order valence-corrected chi connectivity index (χ2v) is 9.15. The smallest absolute Gasteiger partial charge is 0.317 e. The lowest BCUT2D eigenvalue weighted by Gasteiger charge is -2.27. The van der Waals surface area contributed by atoms with Crippen molar-refractivity contribution in [1.29, 1.82) is 0 Å². The van der Waals surface area contributed by atoms with Crippen LogP contribution in [0.4, 0.5) is 4.79 Å². The topological polar surface area (TPSA) is 68.6 Å². The number of urea groups is 1. The largest absolute Gasteiger partial charge is 0.439 e. The Morgan fingerprint density at radius 1 is 1.21 bits per heavy atom. The number of nitrogens with one attached hydrogen (secondary N) is 1. The van der Waals surface area contributed by atoms with Crippen molar-refractivity contribution in [3.63, 3.8) is 0 Å². The predicted molar refractivity (Wildman–Crippen MR) is 133 cm³/mol. The van der Waals surface area contributed by atoms with Gasteiger partial charge in [0.1, 0.15) is 5.75 Å². The first kappa shape index (κ1) is 23.8.